The van der Waals surface area contributed by atoms with Crippen LogP contribution in [0, 0.1) is 11.7 Å². The van der Waals surface area contributed by atoms with Gasteiger partial charge in [-0.3, -0.25) is 9.59 Å². The zero-order valence-corrected chi connectivity index (χ0v) is 20.0. The number of benzene rings is 2. The minimum Gasteiger partial charge on any atom is -0.481 e. The number of unbranched alkanes of at least 4 members (excludes halogenated alkanes) is 3. The Morgan fingerprint density at radius 2 is 1.73 bits per heavy atom. The van der Waals surface area contributed by atoms with Crippen LogP contribution in [0.4, 0.5) is 4.39 Å². The summed E-state index contributed by atoms with van der Waals surface area (Å²) in [5.74, 6) is -1.32. The fourth-order valence-electron chi connectivity index (χ4n) is 4.52. The summed E-state index contributed by atoms with van der Waals surface area (Å²) in [7, 11) is 1.96. The monoisotopic (exact) mass is 471 g/mol. The van der Waals surface area contributed by atoms with E-state index in [0.717, 1.165) is 60.7 Å². The average Bonchev–Trinajstić information content (AvgIpc) is 3.02. The summed E-state index contributed by atoms with van der Waals surface area (Å²) >= 11 is 6.23. The molecule has 1 heterocycles. The summed E-state index contributed by atoms with van der Waals surface area (Å²) < 4.78 is 15.8. The molecule has 1 unspecified atom stereocenters. The van der Waals surface area contributed by atoms with Gasteiger partial charge in [0.25, 0.3) is 0 Å². The zero-order valence-electron chi connectivity index (χ0n) is 19.2. The first-order chi connectivity index (χ1) is 15.8. The van der Waals surface area contributed by atoms with Crippen LogP contribution in [0.1, 0.15) is 67.1 Å². The van der Waals surface area contributed by atoms with Gasteiger partial charge in [-0.25, -0.2) is 4.39 Å². The van der Waals surface area contributed by atoms with Crippen LogP contribution in [0.5, 0.6) is 0 Å². The van der Waals surface area contributed by atoms with Gasteiger partial charge in [-0.05, 0) is 61.4 Å². The standard InChI is InChI=1S/C27H31ClFNO3/c1-18(16-26(32)33)15-25(31)27-21-17-20(28)13-14-23(21)30(2)24(27)12-6-4-3-5-9-19-10-7-8-11-22(19)29/h7-8,10-11,13-14,17-18H,3-6,9,12,15-16H2,1-2H3,(H,32,33). The second kappa shape index (κ2) is 11.5. The number of carbonyl (C=O) groups is 2. The first-order valence-corrected chi connectivity index (χ1v) is 11.9. The van der Waals surface area contributed by atoms with Crippen LogP contribution in [0.25, 0.3) is 10.9 Å². The van der Waals surface area contributed by atoms with Gasteiger partial charge in [0.1, 0.15) is 5.82 Å². The molecule has 0 amide bonds. The predicted octanol–water partition coefficient (Wildman–Crippen LogP) is 7.00. The lowest BCUT2D eigenvalue weighted by Crippen LogP contribution is -2.12. The molecule has 1 N–H and O–H groups in total. The maximum Gasteiger partial charge on any atom is 0.303 e. The van der Waals surface area contributed by atoms with Gasteiger partial charge in [0.05, 0.1) is 0 Å². The third-order valence-electron chi connectivity index (χ3n) is 6.19. The lowest BCUT2D eigenvalue weighted by molar-refractivity contribution is -0.137. The number of hydrogen-bond donors (Lipinski definition) is 1. The molecule has 0 radical (unpaired) electrons. The highest BCUT2D eigenvalue weighted by atomic mass is 35.5. The number of Topliss-reactive ketones (excluding diaryl/α,β-unsaturated/α-hetero) is 1. The SMILES string of the molecule is CC(CC(=O)O)CC(=O)c1c(CCCCCCc2ccccc2F)n(C)c2ccc(Cl)cc12. The van der Waals surface area contributed by atoms with Gasteiger partial charge >= 0.3 is 5.97 Å². The van der Waals surface area contributed by atoms with E-state index < -0.39 is 5.97 Å². The number of ketones is 1. The fraction of sp³-hybridized carbons (Fsp3) is 0.407. The Bertz CT molecular complexity index is 1140. The Morgan fingerprint density at radius 1 is 1.03 bits per heavy atom. The Labute approximate surface area is 199 Å². The number of carboxylic acid groups (broad SMARTS) is 1. The van der Waals surface area contributed by atoms with Crippen LogP contribution in [-0.2, 0) is 24.7 Å². The van der Waals surface area contributed by atoms with E-state index in [4.69, 9.17) is 16.7 Å². The van der Waals surface area contributed by atoms with Gasteiger partial charge in [-0.15, -0.1) is 0 Å². The van der Waals surface area contributed by atoms with Gasteiger partial charge in [-0.2, -0.15) is 0 Å². The van der Waals surface area contributed by atoms with Crippen molar-refractivity contribution in [1.29, 1.82) is 0 Å². The molecule has 0 aliphatic heterocycles. The third kappa shape index (κ3) is 6.44. The van der Waals surface area contributed by atoms with E-state index >= 15 is 0 Å². The summed E-state index contributed by atoms with van der Waals surface area (Å²) in [6.45, 7) is 1.79. The Balaban J connectivity index is 1.68. The zero-order chi connectivity index (χ0) is 24.0. The molecule has 6 heteroatoms. The van der Waals surface area contributed by atoms with Gasteiger partial charge in [-0.1, -0.05) is 49.6 Å². The summed E-state index contributed by atoms with van der Waals surface area (Å²) in [4.78, 5) is 24.3. The molecule has 0 fully saturated rings. The topological polar surface area (TPSA) is 59.3 Å². The summed E-state index contributed by atoms with van der Waals surface area (Å²) in [6, 6.07) is 12.5. The van der Waals surface area contributed by atoms with Crippen molar-refractivity contribution in [1.82, 2.24) is 4.57 Å². The van der Waals surface area contributed by atoms with Crippen LogP contribution in [0.15, 0.2) is 42.5 Å². The van der Waals surface area contributed by atoms with Gasteiger partial charge in [0.2, 0.25) is 0 Å². The molecule has 1 aromatic heterocycles. The molecule has 176 valence electrons. The minimum atomic E-state index is -0.896. The van der Waals surface area contributed by atoms with Crippen molar-refractivity contribution in [2.24, 2.45) is 13.0 Å². The van der Waals surface area contributed by atoms with Crippen molar-refractivity contribution in [3.63, 3.8) is 0 Å². The molecular formula is C27H31ClFNO3. The van der Waals surface area contributed by atoms with Crippen LogP contribution in [-0.4, -0.2) is 21.4 Å². The normalized spacial score (nSPS) is 12.2. The molecule has 2 aromatic carbocycles. The molecule has 0 saturated carbocycles. The number of aryl methyl sites for hydroxylation is 2. The van der Waals surface area contributed by atoms with Crippen LogP contribution in [0.3, 0.4) is 0 Å². The number of carbonyl (C=O) groups excluding carboxylic acids is 1. The first kappa shape index (κ1) is 25.0. The number of nitrogens with zero attached hydrogens (tertiary/aromatic N) is 1. The Kier molecular flexibility index (Phi) is 8.67. The Hall–Kier alpha value is -2.66. The highest BCUT2D eigenvalue weighted by molar-refractivity contribution is 6.31. The van der Waals surface area contributed by atoms with Gasteiger partial charge in [0.15, 0.2) is 5.78 Å². The van der Waals surface area contributed by atoms with Crippen molar-refractivity contribution in [2.75, 3.05) is 0 Å². The van der Waals surface area contributed by atoms with E-state index in [1.807, 2.05) is 37.4 Å². The molecule has 0 aliphatic rings. The second-order valence-corrected chi connectivity index (χ2v) is 9.31. The number of aliphatic carboxylic acids is 1. The second-order valence-electron chi connectivity index (χ2n) is 8.88. The van der Waals surface area contributed by atoms with E-state index in [1.54, 1.807) is 13.0 Å². The molecule has 0 aliphatic carbocycles. The molecule has 0 bridgehead atoms. The van der Waals surface area contributed by atoms with Crippen LogP contribution >= 0.6 is 11.6 Å². The van der Waals surface area contributed by atoms with Crippen molar-refractivity contribution in [2.45, 2.75) is 58.3 Å². The summed E-state index contributed by atoms with van der Waals surface area (Å²) in [6.07, 6.45) is 5.44. The summed E-state index contributed by atoms with van der Waals surface area (Å²) in [5, 5.41) is 10.5. The predicted molar refractivity (Wildman–Crippen MR) is 131 cm³/mol. The summed E-state index contributed by atoms with van der Waals surface area (Å²) in [5.41, 5.74) is 3.34. The number of fused-ring (bicyclic) bond motifs is 1. The lowest BCUT2D eigenvalue weighted by Gasteiger charge is -2.11. The Morgan fingerprint density at radius 3 is 2.42 bits per heavy atom. The highest BCUT2D eigenvalue weighted by Gasteiger charge is 2.23. The highest BCUT2D eigenvalue weighted by Crippen LogP contribution is 2.31. The number of rotatable bonds is 12. The van der Waals surface area contributed by atoms with Gasteiger partial charge in [0, 0.05) is 47.1 Å². The van der Waals surface area contributed by atoms with E-state index in [0.29, 0.717) is 10.6 Å². The number of hydrogen-bond acceptors (Lipinski definition) is 2. The van der Waals surface area contributed by atoms with Crippen molar-refractivity contribution in [3.8, 4) is 0 Å². The number of carboxylic acids is 1. The quantitative estimate of drug-likeness (QED) is 0.228. The number of aromatic nitrogens is 1. The van der Waals surface area contributed by atoms with E-state index in [-0.39, 0.29) is 30.4 Å². The van der Waals surface area contributed by atoms with Crippen molar-refractivity contribution >= 4 is 34.3 Å². The van der Waals surface area contributed by atoms with Crippen molar-refractivity contribution in [3.05, 3.63) is 70.1 Å². The van der Waals surface area contributed by atoms with E-state index in [1.165, 1.54) is 6.07 Å². The smallest absolute Gasteiger partial charge is 0.303 e. The number of halogens is 2. The average molecular weight is 472 g/mol. The minimum absolute atomic E-state index is 0.0331. The fourth-order valence-corrected chi connectivity index (χ4v) is 4.70. The maximum absolute atomic E-state index is 13.8. The molecular weight excluding hydrogens is 441 g/mol. The molecule has 3 rings (SSSR count). The van der Waals surface area contributed by atoms with Crippen molar-refractivity contribution < 1.29 is 19.1 Å². The molecule has 0 spiro atoms. The van der Waals surface area contributed by atoms with Crippen LogP contribution < -0.4 is 0 Å². The van der Waals surface area contributed by atoms with E-state index in [2.05, 4.69) is 4.57 Å². The first-order valence-electron chi connectivity index (χ1n) is 11.5. The van der Waals surface area contributed by atoms with E-state index in [9.17, 15) is 14.0 Å². The van der Waals surface area contributed by atoms with Gasteiger partial charge < -0.3 is 9.67 Å². The third-order valence-corrected chi connectivity index (χ3v) is 6.42. The molecule has 4 nitrogen and oxygen atoms in total. The largest absolute Gasteiger partial charge is 0.481 e. The molecule has 0 saturated heterocycles. The van der Waals surface area contributed by atoms with Crippen LogP contribution in [0.2, 0.25) is 5.02 Å². The maximum atomic E-state index is 13.8. The molecule has 3 aromatic rings. The molecule has 1 atom stereocenters. The molecule has 33 heavy (non-hydrogen) atoms. The lowest BCUT2D eigenvalue weighted by atomic mass is 9.94.